The summed E-state index contributed by atoms with van der Waals surface area (Å²) < 4.78 is 52.7. The zero-order valence-electron chi connectivity index (χ0n) is 19.6. The molecule has 5 rings (SSSR count). The minimum atomic E-state index is -4.03. The summed E-state index contributed by atoms with van der Waals surface area (Å²) in [6.07, 6.45) is 1.75. The van der Waals surface area contributed by atoms with E-state index in [1.807, 2.05) is 54.6 Å². The Labute approximate surface area is 209 Å². The van der Waals surface area contributed by atoms with Crippen molar-refractivity contribution in [1.82, 2.24) is 4.31 Å². The number of sulfonamides is 1. The lowest BCUT2D eigenvalue weighted by atomic mass is 10.0. The SMILES string of the molecule is O=C(CCc1cccc(OCc2ccccc2)c1)C1CCCN1S(=O)(=O)c1cc2cc(F)ccc2o1. The first-order chi connectivity index (χ1) is 17.4. The van der Waals surface area contributed by atoms with Gasteiger partial charge in [-0.1, -0.05) is 42.5 Å². The molecule has 0 N–H and O–H groups in total. The third kappa shape index (κ3) is 5.20. The standard InChI is InChI=1S/C28H26FNO5S/c29-23-12-14-27-22(17-23)18-28(35-27)36(32,33)30-15-5-10-25(30)26(31)13-11-20-8-4-9-24(16-20)34-19-21-6-2-1-3-7-21/h1-4,6-9,12,14,16-18,25H,5,10-11,13,15,19H2. The Balaban J connectivity index is 1.24. The number of ether oxygens (including phenoxy) is 1. The number of nitrogens with zero attached hydrogens (tertiary/aromatic N) is 1. The molecular weight excluding hydrogens is 481 g/mol. The molecule has 4 aromatic rings. The molecule has 0 radical (unpaired) electrons. The first kappa shape index (κ1) is 24.2. The minimum absolute atomic E-state index is 0.131. The maximum Gasteiger partial charge on any atom is 0.277 e. The van der Waals surface area contributed by atoms with Crippen molar-refractivity contribution in [2.75, 3.05) is 6.54 Å². The molecule has 0 saturated carbocycles. The molecule has 0 bridgehead atoms. The molecular formula is C28H26FNO5S. The van der Waals surface area contributed by atoms with Crippen molar-refractivity contribution in [3.63, 3.8) is 0 Å². The van der Waals surface area contributed by atoms with Gasteiger partial charge in [0.15, 0.2) is 5.78 Å². The summed E-state index contributed by atoms with van der Waals surface area (Å²) >= 11 is 0. The van der Waals surface area contributed by atoms with Gasteiger partial charge in [-0.15, -0.1) is 0 Å². The summed E-state index contributed by atoms with van der Waals surface area (Å²) in [6.45, 7) is 0.694. The summed E-state index contributed by atoms with van der Waals surface area (Å²) in [5.41, 5.74) is 2.29. The molecule has 1 atom stereocenters. The number of fused-ring (bicyclic) bond motifs is 1. The minimum Gasteiger partial charge on any atom is -0.489 e. The van der Waals surface area contributed by atoms with Crippen LogP contribution in [-0.4, -0.2) is 31.1 Å². The van der Waals surface area contributed by atoms with Crippen LogP contribution in [0.4, 0.5) is 4.39 Å². The van der Waals surface area contributed by atoms with Gasteiger partial charge >= 0.3 is 0 Å². The lowest BCUT2D eigenvalue weighted by Crippen LogP contribution is -2.40. The van der Waals surface area contributed by atoms with Crippen LogP contribution >= 0.6 is 0 Å². The van der Waals surface area contributed by atoms with Gasteiger partial charge in [0.1, 0.15) is 23.8 Å². The second kappa shape index (κ2) is 10.2. The van der Waals surface area contributed by atoms with Crippen molar-refractivity contribution < 1.29 is 26.8 Å². The van der Waals surface area contributed by atoms with Gasteiger partial charge in [0, 0.05) is 24.4 Å². The van der Waals surface area contributed by atoms with E-state index in [9.17, 15) is 17.6 Å². The van der Waals surface area contributed by atoms with E-state index in [0.717, 1.165) is 16.9 Å². The van der Waals surface area contributed by atoms with Crippen molar-refractivity contribution in [1.29, 1.82) is 0 Å². The molecule has 0 aliphatic carbocycles. The lowest BCUT2D eigenvalue weighted by molar-refractivity contribution is -0.122. The molecule has 1 fully saturated rings. The van der Waals surface area contributed by atoms with Gasteiger partial charge in [-0.2, -0.15) is 4.31 Å². The van der Waals surface area contributed by atoms with E-state index in [1.165, 1.54) is 28.6 Å². The molecule has 36 heavy (non-hydrogen) atoms. The lowest BCUT2D eigenvalue weighted by Gasteiger charge is -2.21. The highest BCUT2D eigenvalue weighted by atomic mass is 32.2. The first-order valence-corrected chi connectivity index (χ1v) is 13.3. The average molecular weight is 508 g/mol. The van der Waals surface area contributed by atoms with Crippen LogP contribution in [-0.2, 0) is 27.8 Å². The summed E-state index contributed by atoms with van der Waals surface area (Å²) in [4.78, 5) is 13.1. The summed E-state index contributed by atoms with van der Waals surface area (Å²) in [5.74, 6) is 0.111. The Bertz CT molecular complexity index is 1480. The zero-order valence-corrected chi connectivity index (χ0v) is 20.4. The molecule has 1 aliphatic heterocycles. The highest BCUT2D eigenvalue weighted by Crippen LogP contribution is 2.31. The number of hydrogen-bond donors (Lipinski definition) is 0. The summed E-state index contributed by atoms with van der Waals surface area (Å²) in [7, 11) is -4.03. The second-order valence-electron chi connectivity index (χ2n) is 8.91. The normalized spacial score (nSPS) is 16.4. The quantitative estimate of drug-likeness (QED) is 0.299. The Kier molecular flexibility index (Phi) is 6.89. The van der Waals surface area contributed by atoms with Crippen molar-refractivity contribution in [2.24, 2.45) is 0 Å². The van der Waals surface area contributed by atoms with Crippen LogP contribution in [0, 0.1) is 5.82 Å². The van der Waals surface area contributed by atoms with Crippen molar-refractivity contribution in [3.05, 3.63) is 95.8 Å². The number of ketones is 1. The summed E-state index contributed by atoms with van der Waals surface area (Å²) in [6, 6.07) is 21.9. The molecule has 8 heteroatoms. The Morgan fingerprint density at radius 3 is 2.64 bits per heavy atom. The molecule has 1 aliphatic rings. The molecule has 2 heterocycles. The number of halogens is 1. The number of carbonyl (C=O) groups excluding carboxylic acids is 1. The summed E-state index contributed by atoms with van der Waals surface area (Å²) in [5, 5.41) is 0.0936. The van der Waals surface area contributed by atoms with Gasteiger partial charge in [0.05, 0.1) is 6.04 Å². The number of rotatable bonds is 9. The third-order valence-corrected chi connectivity index (χ3v) is 8.17. The van der Waals surface area contributed by atoms with E-state index < -0.39 is 21.9 Å². The van der Waals surface area contributed by atoms with Crippen LogP contribution in [0.25, 0.3) is 11.0 Å². The van der Waals surface area contributed by atoms with E-state index in [-0.39, 0.29) is 29.4 Å². The van der Waals surface area contributed by atoms with Crippen LogP contribution in [0.5, 0.6) is 5.75 Å². The van der Waals surface area contributed by atoms with Crippen molar-refractivity contribution in [2.45, 2.75) is 43.4 Å². The smallest absolute Gasteiger partial charge is 0.277 e. The van der Waals surface area contributed by atoms with E-state index in [0.29, 0.717) is 31.3 Å². The molecule has 3 aromatic carbocycles. The van der Waals surface area contributed by atoms with Gasteiger partial charge in [0.2, 0.25) is 5.09 Å². The maximum atomic E-state index is 13.5. The molecule has 0 amide bonds. The number of carbonyl (C=O) groups is 1. The number of Topliss-reactive ketones (excluding diaryl/α,β-unsaturated/α-hetero) is 1. The van der Waals surface area contributed by atoms with Crippen molar-refractivity contribution in [3.8, 4) is 5.75 Å². The largest absolute Gasteiger partial charge is 0.489 e. The van der Waals surface area contributed by atoms with Crippen molar-refractivity contribution >= 4 is 26.8 Å². The molecule has 186 valence electrons. The third-order valence-electron chi connectivity index (χ3n) is 6.40. The molecule has 0 spiro atoms. The zero-order chi connectivity index (χ0) is 25.1. The Morgan fingerprint density at radius 1 is 1.00 bits per heavy atom. The van der Waals surface area contributed by atoms with E-state index in [2.05, 4.69) is 0 Å². The van der Waals surface area contributed by atoms with Gasteiger partial charge in [-0.3, -0.25) is 4.79 Å². The highest BCUT2D eigenvalue weighted by molar-refractivity contribution is 7.89. The van der Waals surface area contributed by atoms with Crippen LogP contribution in [0.1, 0.15) is 30.4 Å². The molecule has 1 saturated heterocycles. The molecule has 1 aromatic heterocycles. The predicted octanol–water partition coefficient (Wildman–Crippen LogP) is 5.51. The van der Waals surface area contributed by atoms with Gasteiger partial charge in [0.25, 0.3) is 10.0 Å². The number of hydrogen-bond acceptors (Lipinski definition) is 5. The van der Waals surface area contributed by atoms with Crippen LogP contribution in [0.15, 0.2) is 88.4 Å². The van der Waals surface area contributed by atoms with Gasteiger partial charge < -0.3 is 9.15 Å². The number of furan rings is 1. The highest BCUT2D eigenvalue weighted by Gasteiger charge is 2.40. The topological polar surface area (TPSA) is 76.8 Å². The van der Waals surface area contributed by atoms with E-state index >= 15 is 0 Å². The Morgan fingerprint density at radius 2 is 1.81 bits per heavy atom. The van der Waals surface area contributed by atoms with Crippen LogP contribution < -0.4 is 4.74 Å². The predicted molar refractivity (Wildman–Crippen MR) is 134 cm³/mol. The molecule has 6 nitrogen and oxygen atoms in total. The van der Waals surface area contributed by atoms with Crippen LogP contribution in [0.2, 0.25) is 0 Å². The monoisotopic (exact) mass is 507 g/mol. The number of benzene rings is 3. The second-order valence-corrected chi connectivity index (χ2v) is 10.7. The van der Waals surface area contributed by atoms with Crippen LogP contribution in [0.3, 0.4) is 0 Å². The maximum absolute atomic E-state index is 13.5. The van der Waals surface area contributed by atoms with Gasteiger partial charge in [-0.25, -0.2) is 12.8 Å². The molecule has 1 unspecified atom stereocenters. The first-order valence-electron chi connectivity index (χ1n) is 11.9. The van der Waals surface area contributed by atoms with E-state index in [1.54, 1.807) is 0 Å². The van der Waals surface area contributed by atoms with E-state index in [4.69, 9.17) is 9.15 Å². The Hall–Kier alpha value is -3.49. The van der Waals surface area contributed by atoms with Gasteiger partial charge in [-0.05, 0) is 60.7 Å². The number of aryl methyl sites for hydroxylation is 1. The fraction of sp³-hybridized carbons (Fsp3) is 0.250. The average Bonchev–Trinajstić information content (AvgIpc) is 3.55. The fourth-order valence-corrected chi connectivity index (χ4v) is 6.18. The fourth-order valence-electron chi connectivity index (χ4n) is 4.55.